The van der Waals surface area contributed by atoms with E-state index in [1.54, 1.807) is 54.6 Å². The maximum absolute atomic E-state index is 13.5. The summed E-state index contributed by atoms with van der Waals surface area (Å²) in [6.07, 6.45) is 5.44. The first-order chi connectivity index (χ1) is 21.3. The topological polar surface area (TPSA) is 93.6 Å². The van der Waals surface area contributed by atoms with Gasteiger partial charge in [-0.25, -0.2) is 9.78 Å². The largest absolute Gasteiger partial charge is 0.454 e. The van der Waals surface area contributed by atoms with Gasteiger partial charge in [-0.1, -0.05) is 65.7 Å². The first kappa shape index (κ1) is 27.2. The van der Waals surface area contributed by atoms with Crippen LogP contribution in [0.25, 0.3) is 22.2 Å². The second kappa shape index (κ2) is 10.1. The first-order valence-corrected chi connectivity index (χ1v) is 15.3. The van der Waals surface area contributed by atoms with Crippen LogP contribution in [0, 0.1) is 35.5 Å². The average molecular weight is 623 g/mol. The van der Waals surface area contributed by atoms with Crippen molar-refractivity contribution in [1.82, 2.24) is 4.98 Å². The molecule has 6 atom stereocenters. The molecule has 4 aliphatic carbocycles. The van der Waals surface area contributed by atoms with E-state index in [2.05, 4.69) is 12.2 Å². The molecule has 9 rings (SSSR count). The lowest BCUT2D eigenvalue weighted by molar-refractivity contribution is -0.124. The molecule has 5 aliphatic rings. The summed E-state index contributed by atoms with van der Waals surface area (Å²) < 4.78 is 5.42. The molecule has 0 N–H and O–H groups in total. The minimum Gasteiger partial charge on any atom is -0.454 e. The Kier molecular flexibility index (Phi) is 6.26. The van der Waals surface area contributed by atoms with Crippen molar-refractivity contribution < 1.29 is 23.9 Å². The lowest BCUT2D eigenvalue weighted by Gasteiger charge is -2.37. The summed E-state index contributed by atoms with van der Waals surface area (Å²) in [4.78, 5) is 59.2. The number of carbonyl (C=O) groups is 4. The Morgan fingerprint density at radius 2 is 1.52 bits per heavy atom. The predicted octanol–water partition coefficient (Wildman–Crippen LogP) is 6.81. The molecule has 1 saturated heterocycles. The van der Waals surface area contributed by atoms with Gasteiger partial charge in [0.1, 0.15) is 0 Å². The van der Waals surface area contributed by atoms with E-state index in [4.69, 9.17) is 32.9 Å². The Morgan fingerprint density at radius 3 is 2.20 bits per heavy atom. The number of para-hydroxylation sites is 1. The average Bonchev–Trinajstić information content (AvgIpc) is 3.81. The van der Waals surface area contributed by atoms with Crippen LogP contribution in [0.1, 0.15) is 27.1 Å². The zero-order valence-corrected chi connectivity index (χ0v) is 24.7. The van der Waals surface area contributed by atoms with Crippen molar-refractivity contribution in [2.24, 2.45) is 35.5 Å². The minimum absolute atomic E-state index is 0.110. The highest BCUT2D eigenvalue weighted by atomic mass is 35.5. The fraction of sp³-hybridized carbons (Fsp3) is 0.229. The van der Waals surface area contributed by atoms with Crippen LogP contribution in [0.2, 0.25) is 10.0 Å². The number of Topliss-reactive ketones (excluding diaryl/α,β-unsaturated/α-hetero) is 1. The van der Waals surface area contributed by atoms with Gasteiger partial charge in [0.05, 0.1) is 39.3 Å². The number of allylic oxidation sites excluding steroid dienone is 2. The Labute approximate surface area is 262 Å². The Balaban J connectivity index is 1.06. The number of nitrogens with zero attached hydrogens (tertiary/aromatic N) is 2. The van der Waals surface area contributed by atoms with Gasteiger partial charge in [-0.3, -0.25) is 19.3 Å². The number of esters is 1. The summed E-state index contributed by atoms with van der Waals surface area (Å²) in [5, 5.41) is 1.15. The number of rotatable bonds is 6. The van der Waals surface area contributed by atoms with Crippen molar-refractivity contribution in [3.05, 3.63) is 106 Å². The third-order valence-electron chi connectivity index (χ3n) is 9.59. The molecule has 1 aromatic heterocycles. The van der Waals surface area contributed by atoms with Gasteiger partial charge in [-0.2, -0.15) is 0 Å². The third-order valence-corrected chi connectivity index (χ3v) is 10.1. The van der Waals surface area contributed by atoms with E-state index in [-0.39, 0.29) is 51.6 Å². The molecule has 2 amide bonds. The molecule has 4 aromatic rings. The number of aromatic nitrogens is 1. The van der Waals surface area contributed by atoms with Crippen molar-refractivity contribution in [3.63, 3.8) is 0 Å². The molecule has 0 spiro atoms. The van der Waals surface area contributed by atoms with Crippen LogP contribution in [0.5, 0.6) is 0 Å². The zero-order chi connectivity index (χ0) is 30.3. The SMILES string of the molecule is O=C(COC(=O)c1cc(-c2ccc(N3C(=O)C4C5C=CC(C6CC56)C4C3=O)cc2)nc2ccccc12)c1ccc(Cl)cc1Cl. The fourth-order valence-corrected chi connectivity index (χ4v) is 8.00. The Bertz CT molecular complexity index is 1920. The molecule has 9 heteroatoms. The number of ketones is 1. The summed E-state index contributed by atoms with van der Waals surface area (Å²) in [5.74, 6) is -0.488. The maximum Gasteiger partial charge on any atom is 0.339 e. The summed E-state index contributed by atoms with van der Waals surface area (Å²) in [7, 11) is 0. The zero-order valence-electron chi connectivity index (χ0n) is 23.2. The van der Waals surface area contributed by atoms with Gasteiger partial charge in [-0.05, 0) is 72.6 Å². The van der Waals surface area contributed by atoms with Gasteiger partial charge >= 0.3 is 5.97 Å². The maximum atomic E-state index is 13.5. The number of benzene rings is 3. The molecule has 3 fully saturated rings. The molecule has 218 valence electrons. The molecule has 2 heterocycles. The highest BCUT2D eigenvalue weighted by molar-refractivity contribution is 6.37. The Hall–Kier alpha value is -4.33. The third kappa shape index (κ3) is 4.21. The second-order valence-electron chi connectivity index (χ2n) is 11.9. The van der Waals surface area contributed by atoms with Crippen molar-refractivity contribution >= 4 is 63.4 Å². The first-order valence-electron chi connectivity index (χ1n) is 14.5. The number of hydrogen-bond acceptors (Lipinski definition) is 6. The Morgan fingerprint density at radius 1 is 0.841 bits per heavy atom. The molecular weight excluding hydrogens is 599 g/mol. The normalized spacial score (nSPS) is 26.1. The quantitative estimate of drug-likeness (QED) is 0.102. The van der Waals surface area contributed by atoms with Crippen LogP contribution >= 0.6 is 23.2 Å². The van der Waals surface area contributed by atoms with Gasteiger partial charge in [0.2, 0.25) is 17.6 Å². The standard InChI is InChI=1S/C35H24Cl2N2O5/c36-18-7-10-23(27(37)13-18)30(40)16-44-35(43)26-15-29(38-28-4-2-1-3-20(26)28)17-5-8-19(9-6-17)39-33(41)31-21-11-12-22(25-14-24(21)25)32(31)34(39)42/h1-13,15,21-22,24-25,31-32H,14,16H2. The van der Waals surface area contributed by atoms with E-state index in [1.807, 2.05) is 6.07 Å². The van der Waals surface area contributed by atoms with E-state index in [0.29, 0.717) is 44.7 Å². The summed E-state index contributed by atoms with van der Waals surface area (Å²) >= 11 is 12.1. The lowest BCUT2D eigenvalue weighted by Crippen LogP contribution is -2.40. The van der Waals surface area contributed by atoms with Crippen LogP contribution < -0.4 is 4.90 Å². The molecule has 3 aromatic carbocycles. The van der Waals surface area contributed by atoms with Crippen LogP contribution in [-0.4, -0.2) is 35.2 Å². The molecular formula is C35H24Cl2N2O5. The number of hydrogen-bond donors (Lipinski definition) is 0. The minimum atomic E-state index is -0.683. The van der Waals surface area contributed by atoms with Crippen molar-refractivity contribution in [2.75, 3.05) is 11.5 Å². The number of carbonyl (C=O) groups excluding carboxylic acids is 4. The number of anilines is 1. The number of fused-ring (bicyclic) bond motifs is 1. The van der Waals surface area contributed by atoms with E-state index < -0.39 is 18.4 Å². The summed E-state index contributed by atoms with van der Waals surface area (Å²) in [6.45, 7) is -0.501. The van der Waals surface area contributed by atoms with Gasteiger partial charge in [0.15, 0.2) is 6.61 Å². The van der Waals surface area contributed by atoms with E-state index in [9.17, 15) is 19.2 Å². The number of amides is 2. The lowest BCUT2D eigenvalue weighted by atomic mass is 9.63. The van der Waals surface area contributed by atoms with E-state index >= 15 is 0 Å². The molecule has 2 bridgehead atoms. The van der Waals surface area contributed by atoms with E-state index in [0.717, 1.165) is 6.42 Å². The van der Waals surface area contributed by atoms with E-state index in [1.165, 1.54) is 17.0 Å². The van der Waals surface area contributed by atoms with Crippen molar-refractivity contribution in [2.45, 2.75) is 6.42 Å². The number of pyridine rings is 1. The molecule has 0 radical (unpaired) electrons. The number of imide groups is 1. The number of halogens is 2. The molecule has 44 heavy (non-hydrogen) atoms. The van der Waals surface area contributed by atoms with Crippen LogP contribution in [0.4, 0.5) is 5.69 Å². The van der Waals surface area contributed by atoms with Crippen molar-refractivity contribution in [1.29, 1.82) is 0 Å². The van der Waals surface area contributed by atoms with Gasteiger partial charge in [-0.15, -0.1) is 0 Å². The van der Waals surface area contributed by atoms with Crippen LogP contribution in [0.3, 0.4) is 0 Å². The molecule has 7 nitrogen and oxygen atoms in total. The number of ether oxygens (including phenoxy) is 1. The van der Waals surface area contributed by atoms with Gasteiger partial charge < -0.3 is 4.74 Å². The summed E-state index contributed by atoms with van der Waals surface area (Å²) in [5.41, 5.74) is 2.76. The predicted molar refractivity (Wildman–Crippen MR) is 165 cm³/mol. The monoisotopic (exact) mass is 622 g/mol. The highest BCUT2D eigenvalue weighted by Gasteiger charge is 2.67. The van der Waals surface area contributed by atoms with Crippen LogP contribution in [-0.2, 0) is 14.3 Å². The smallest absolute Gasteiger partial charge is 0.339 e. The molecule has 6 unspecified atom stereocenters. The molecule has 1 aliphatic heterocycles. The second-order valence-corrected chi connectivity index (χ2v) is 12.8. The highest BCUT2D eigenvalue weighted by Crippen LogP contribution is 2.65. The van der Waals surface area contributed by atoms with Gasteiger partial charge in [0, 0.05) is 21.5 Å². The van der Waals surface area contributed by atoms with Crippen molar-refractivity contribution in [3.8, 4) is 11.3 Å². The molecule has 2 saturated carbocycles. The van der Waals surface area contributed by atoms with Crippen LogP contribution in [0.15, 0.2) is 84.9 Å². The summed E-state index contributed by atoms with van der Waals surface area (Å²) in [6, 6.07) is 20.4. The van der Waals surface area contributed by atoms with Gasteiger partial charge in [0.25, 0.3) is 0 Å². The fourth-order valence-electron chi connectivity index (χ4n) is 7.49.